The van der Waals surface area contributed by atoms with Crippen LogP contribution in [0.25, 0.3) is 0 Å². The summed E-state index contributed by atoms with van der Waals surface area (Å²) in [5.41, 5.74) is 0. The van der Waals surface area contributed by atoms with E-state index in [-0.39, 0.29) is 6.10 Å². The van der Waals surface area contributed by atoms with Gasteiger partial charge < -0.3 is 19.2 Å². The first-order chi connectivity index (χ1) is 8.86. The van der Waals surface area contributed by atoms with Crippen LogP contribution < -0.4 is 14.8 Å². The van der Waals surface area contributed by atoms with Crippen LogP contribution in [0.4, 0.5) is 0 Å². The standard InChI is InChI=1S/C12H13N3O3/c1-13-6-11-14-15-12(18-11)10-7-16-8-4-2-3-5-9(8)17-10/h2-5,10,13H,6-7H2,1H3. The van der Waals surface area contributed by atoms with E-state index in [9.17, 15) is 0 Å². The van der Waals surface area contributed by atoms with E-state index in [2.05, 4.69) is 15.5 Å². The van der Waals surface area contributed by atoms with E-state index in [1.807, 2.05) is 31.3 Å². The summed E-state index contributed by atoms with van der Waals surface area (Å²) in [5, 5.41) is 10.8. The first-order valence-corrected chi connectivity index (χ1v) is 5.72. The predicted molar refractivity (Wildman–Crippen MR) is 62.4 cm³/mol. The molecule has 1 atom stereocenters. The van der Waals surface area contributed by atoms with E-state index >= 15 is 0 Å². The SMILES string of the molecule is CNCc1nnc(C2COc3ccccc3O2)o1. The van der Waals surface area contributed by atoms with Crippen molar-refractivity contribution in [3.05, 3.63) is 36.0 Å². The average molecular weight is 247 g/mol. The minimum Gasteiger partial charge on any atom is -0.485 e. The number of rotatable bonds is 3. The van der Waals surface area contributed by atoms with Gasteiger partial charge in [0.05, 0.1) is 6.54 Å². The lowest BCUT2D eigenvalue weighted by Gasteiger charge is -2.23. The van der Waals surface area contributed by atoms with Crippen molar-refractivity contribution in [1.29, 1.82) is 0 Å². The molecule has 0 saturated carbocycles. The summed E-state index contributed by atoms with van der Waals surface area (Å²) < 4.78 is 16.8. The Morgan fingerprint density at radius 3 is 2.94 bits per heavy atom. The molecule has 1 aliphatic rings. The van der Waals surface area contributed by atoms with Crippen molar-refractivity contribution in [1.82, 2.24) is 15.5 Å². The monoisotopic (exact) mass is 247 g/mol. The third-order valence-corrected chi connectivity index (χ3v) is 2.59. The molecule has 2 heterocycles. The molecule has 1 aliphatic heterocycles. The zero-order valence-electron chi connectivity index (χ0n) is 9.92. The fourth-order valence-corrected chi connectivity index (χ4v) is 1.76. The molecule has 1 aromatic carbocycles. The summed E-state index contributed by atoms with van der Waals surface area (Å²) in [6, 6.07) is 7.52. The Labute approximate surface area is 104 Å². The largest absolute Gasteiger partial charge is 0.485 e. The van der Waals surface area contributed by atoms with Gasteiger partial charge in [-0.3, -0.25) is 0 Å². The summed E-state index contributed by atoms with van der Waals surface area (Å²) in [6.45, 7) is 0.912. The van der Waals surface area contributed by atoms with Gasteiger partial charge in [-0.15, -0.1) is 10.2 Å². The number of ether oxygens (including phenoxy) is 2. The molecule has 94 valence electrons. The molecule has 1 aromatic heterocycles. The molecule has 1 N–H and O–H groups in total. The molecule has 3 rings (SSSR count). The molecule has 6 heteroatoms. The van der Waals surface area contributed by atoms with E-state index in [1.165, 1.54) is 0 Å². The fourth-order valence-electron chi connectivity index (χ4n) is 1.76. The van der Waals surface area contributed by atoms with Crippen LogP contribution in [-0.2, 0) is 6.54 Å². The maximum atomic E-state index is 5.77. The van der Waals surface area contributed by atoms with E-state index in [1.54, 1.807) is 0 Å². The van der Waals surface area contributed by atoms with Gasteiger partial charge in [0.2, 0.25) is 12.0 Å². The van der Waals surface area contributed by atoms with Crippen LogP contribution in [0, 0.1) is 0 Å². The van der Waals surface area contributed by atoms with E-state index < -0.39 is 0 Å². The highest BCUT2D eigenvalue weighted by molar-refractivity contribution is 5.40. The number of fused-ring (bicyclic) bond motifs is 1. The second-order valence-corrected chi connectivity index (χ2v) is 3.93. The van der Waals surface area contributed by atoms with Gasteiger partial charge in [-0.1, -0.05) is 12.1 Å². The Kier molecular flexibility index (Phi) is 2.85. The smallest absolute Gasteiger partial charge is 0.260 e. The van der Waals surface area contributed by atoms with Crippen LogP contribution in [-0.4, -0.2) is 23.9 Å². The van der Waals surface area contributed by atoms with Gasteiger partial charge in [0.25, 0.3) is 5.89 Å². The van der Waals surface area contributed by atoms with Gasteiger partial charge in [0.15, 0.2) is 11.5 Å². The van der Waals surface area contributed by atoms with E-state index in [0.717, 1.165) is 5.75 Å². The Bertz CT molecular complexity index is 541. The van der Waals surface area contributed by atoms with Crippen LogP contribution in [0.2, 0.25) is 0 Å². The van der Waals surface area contributed by atoms with Crippen molar-refractivity contribution >= 4 is 0 Å². The molecule has 0 spiro atoms. The molecule has 0 saturated heterocycles. The molecule has 2 aromatic rings. The quantitative estimate of drug-likeness (QED) is 0.881. The highest BCUT2D eigenvalue weighted by Crippen LogP contribution is 2.35. The van der Waals surface area contributed by atoms with Crippen molar-refractivity contribution in [2.75, 3.05) is 13.7 Å². The zero-order valence-corrected chi connectivity index (χ0v) is 9.92. The molecule has 0 fully saturated rings. The minimum atomic E-state index is -0.349. The first kappa shape index (κ1) is 11.0. The highest BCUT2D eigenvalue weighted by Gasteiger charge is 2.26. The molecule has 0 amide bonds. The lowest BCUT2D eigenvalue weighted by Crippen LogP contribution is -2.21. The number of hydrogen-bond donors (Lipinski definition) is 1. The van der Waals surface area contributed by atoms with Gasteiger partial charge in [-0.05, 0) is 19.2 Å². The Hall–Kier alpha value is -2.08. The summed E-state index contributed by atoms with van der Waals surface area (Å²) >= 11 is 0. The van der Waals surface area contributed by atoms with Crippen molar-refractivity contribution in [2.24, 2.45) is 0 Å². The molecule has 18 heavy (non-hydrogen) atoms. The predicted octanol–water partition coefficient (Wildman–Crippen LogP) is 1.30. The maximum absolute atomic E-state index is 5.77. The second kappa shape index (κ2) is 4.66. The third kappa shape index (κ3) is 2.02. The van der Waals surface area contributed by atoms with Crippen molar-refractivity contribution in [2.45, 2.75) is 12.6 Å². The topological polar surface area (TPSA) is 69.4 Å². The van der Waals surface area contributed by atoms with Crippen molar-refractivity contribution in [3.63, 3.8) is 0 Å². The molecule has 6 nitrogen and oxygen atoms in total. The average Bonchev–Trinajstić information content (AvgIpc) is 2.87. The van der Waals surface area contributed by atoms with Crippen LogP contribution >= 0.6 is 0 Å². The van der Waals surface area contributed by atoms with Crippen LogP contribution in [0.5, 0.6) is 11.5 Å². The molecular weight excluding hydrogens is 234 g/mol. The first-order valence-electron chi connectivity index (χ1n) is 5.72. The van der Waals surface area contributed by atoms with Gasteiger partial charge in [0.1, 0.15) is 6.61 Å². The number of nitrogens with zero attached hydrogens (tertiary/aromatic N) is 2. The Balaban J connectivity index is 1.78. The molecule has 0 radical (unpaired) electrons. The Morgan fingerprint density at radius 1 is 1.28 bits per heavy atom. The number of benzene rings is 1. The lowest BCUT2D eigenvalue weighted by molar-refractivity contribution is 0.0703. The van der Waals surface area contributed by atoms with E-state index in [0.29, 0.717) is 30.7 Å². The normalized spacial score (nSPS) is 17.7. The van der Waals surface area contributed by atoms with Gasteiger partial charge in [-0.2, -0.15) is 0 Å². The zero-order chi connectivity index (χ0) is 12.4. The summed E-state index contributed by atoms with van der Waals surface area (Å²) in [5.74, 6) is 2.41. The van der Waals surface area contributed by atoms with Crippen molar-refractivity contribution < 1.29 is 13.9 Å². The van der Waals surface area contributed by atoms with Crippen LogP contribution in [0.15, 0.2) is 28.7 Å². The number of nitrogens with one attached hydrogen (secondary N) is 1. The third-order valence-electron chi connectivity index (χ3n) is 2.59. The molecule has 0 bridgehead atoms. The van der Waals surface area contributed by atoms with Crippen molar-refractivity contribution in [3.8, 4) is 11.5 Å². The van der Waals surface area contributed by atoms with Gasteiger partial charge >= 0.3 is 0 Å². The fraction of sp³-hybridized carbons (Fsp3) is 0.333. The highest BCUT2D eigenvalue weighted by atomic mass is 16.6. The minimum absolute atomic E-state index is 0.349. The van der Waals surface area contributed by atoms with Crippen LogP contribution in [0.1, 0.15) is 17.9 Å². The number of aromatic nitrogens is 2. The molecule has 1 unspecified atom stereocenters. The molecular formula is C12H13N3O3. The van der Waals surface area contributed by atoms with E-state index in [4.69, 9.17) is 13.9 Å². The molecule has 0 aliphatic carbocycles. The number of para-hydroxylation sites is 2. The summed E-state index contributed by atoms with van der Waals surface area (Å²) in [6.07, 6.45) is -0.349. The lowest BCUT2D eigenvalue weighted by atomic mass is 10.2. The second-order valence-electron chi connectivity index (χ2n) is 3.93. The summed E-state index contributed by atoms with van der Waals surface area (Å²) in [4.78, 5) is 0. The van der Waals surface area contributed by atoms with Gasteiger partial charge in [-0.25, -0.2) is 0 Å². The van der Waals surface area contributed by atoms with Crippen LogP contribution in [0.3, 0.4) is 0 Å². The van der Waals surface area contributed by atoms with Gasteiger partial charge in [0, 0.05) is 0 Å². The Morgan fingerprint density at radius 2 is 2.11 bits per heavy atom. The maximum Gasteiger partial charge on any atom is 0.260 e. The number of hydrogen-bond acceptors (Lipinski definition) is 6. The summed E-state index contributed by atoms with van der Waals surface area (Å²) in [7, 11) is 1.82.